The highest BCUT2D eigenvalue weighted by atomic mass is 16.1. The summed E-state index contributed by atoms with van der Waals surface area (Å²) in [6, 6.07) is 9.33. The summed E-state index contributed by atoms with van der Waals surface area (Å²) in [7, 11) is 0. The number of para-hydroxylation sites is 1. The van der Waals surface area contributed by atoms with Crippen LogP contribution in [0.15, 0.2) is 42.7 Å². The van der Waals surface area contributed by atoms with E-state index in [2.05, 4.69) is 10.3 Å². The molecule has 1 heterocycles. The van der Waals surface area contributed by atoms with Crippen molar-refractivity contribution in [2.24, 2.45) is 5.73 Å². The van der Waals surface area contributed by atoms with Gasteiger partial charge in [-0.2, -0.15) is 0 Å². The van der Waals surface area contributed by atoms with Gasteiger partial charge in [0.15, 0.2) is 0 Å². The first kappa shape index (κ1) is 11.3. The Morgan fingerprint density at radius 2 is 2.12 bits per heavy atom. The summed E-state index contributed by atoms with van der Waals surface area (Å²) in [6.07, 6.45) is 3.38. The normalized spacial score (nSPS) is 10.2. The number of anilines is 1. The fourth-order valence-electron chi connectivity index (χ4n) is 1.55. The van der Waals surface area contributed by atoms with Crippen LogP contribution in [0.3, 0.4) is 0 Å². The second-order valence-corrected chi connectivity index (χ2v) is 3.59. The lowest BCUT2D eigenvalue weighted by atomic mass is 10.3. The number of rotatable bonds is 4. The fraction of sp³-hybridized carbons (Fsp3) is 0.167. The minimum Gasteiger partial charge on any atom is -0.325 e. The lowest BCUT2D eigenvalue weighted by Gasteiger charge is -2.07. The Morgan fingerprint density at radius 3 is 2.82 bits per heavy atom. The molecule has 1 aromatic heterocycles. The van der Waals surface area contributed by atoms with Crippen LogP contribution in [-0.4, -0.2) is 15.5 Å². The number of amides is 1. The van der Waals surface area contributed by atoms with Crippen molar-refractivity contribution in [2.45, 2.75) is 13.1 Å². The number of nitrogens with two attached hydrogens (primary N) is 1. The molecule has 1 amide bonds. The molecule has 0 aliphatic heterocycles. The van der Waals surface area contributed by atoms with Gasteiger partial charge in [0.05, 0.1) is 6.54 Å². The van der Waals surface area contributed by atoms with E-state index in [1.54, 1.807) is 17.0 Å². The van der Waals surface area contributed by atoms with Crippen LogP contribution >= 0.6 is 0 Å². The number of benzene rings is 1. The van der Waals surface area contributed by atoms with Crippen molar-refractivity contribution >= 4 is 11.6 Å². The van der Waals surface area contributed by atoms with E-state index >= 15 is 0 Å². The van der Waals surface area contributed by atoms with Crippen molar-refractivity contribution in [3.63, 3.8) is 0 Å². The van der Waals surface area contributed by atoms with Crippen LogP contribution in [0.2, 0.25) is 0 Å². The third-order valence-corrected chi connectivity index (χ3v) is 2.36. The summed E-state index contributed by atoms with van der Waals surface area (Å²) < 4.78 is 1.73. The van der Waals surface area contributed by atoms with Crippen LogP contribution < -0.4 is 11.1 Å². The lowest BCUT2D eigenvalue weighted by molar-refractivity contribution is -0.116. The second kappa shape index (κ2) is 5.27. The Hall–Kier alpha value is -2.14. The number of aromatic nitrogens is 2. The van der Waals surface area contributed by atoms with Crippen LogP contribution in [-0.2, 0) is 17.9 Å². The van der Waals surface area contributed by atoms with Crippen LogP contribution in [0.5, 0.6) is 0 Å². The van der Waals surface area contributed by atoms with E-state index in [0.29, 0.717) is 12.4 Å². The zero-order chi connectivity index (χ0) is 12.1. The molecule has 17 heavy (non-hydrogen) atoms. The molecule has 0 radical (unpaired) electrons. The van der Waals surface area contributed by atoms with Gasteiger partial charge in [-0.1, -0.05) is 18.2 Å². The van der Waals surface area contributed by atoms with Crippen LogP contribution in [0, 0.1) is 0 Å². The molecular weight excluding hydrogens is 216 g/mol. The largest absolute Gasteiger partial charge is 0.325 e. The van der Waals surface area contributed by atoms with Crippen molar-refractivity contribution in [2.75, 3.05) is 5.32 Å². The van der Waals surface area contributed by atoms with E-state index in [0.717, 1.165) is 5.69 Å². The van der Waals surface area contributed by atoms with Crippen LogP contribution in [0.1, 0.15) is 5.82 Å². The Balaban J connectivity index is 1.98. The number of hydrogen-bond donors (Lipinski definition) is 2. The average molecular weight is 230 g/mol. The lowest BCUT2D eigenvalue weighted by Crippen LogP contribution is -2.20. The van der Waals surface area contributed by atoms with Gasteiger partial charge in [-0.3, -0.25) is 4.79 Å². The Morgan fingerprint density at radius 1 is 1.35 bits per heavy atom. The van der Waals surface area contributed by atoms with Gasteiger partial charge in [0.2, 0.25) is 5.91 Å². The third kappa shape index (κ3) is 2.92. The molecular formula is C12H14N4O. The molecule has 0 spiro atoms. The molecule has 5 heteroatoms. The molecule has 1 aromatic carbocycles. The van der Waals surface area contributed by atoms with Crippen molar-refractivity contribution < 1.29 is 4.79 Å². The van der Waals surface area contributed by atoms with E-state index in [1.165, 1.54) is 0 Å². The minimum atomic E-state index is -0.0936. The number of carbonyl (C=O) groups is 1. The standard InChI is InChI=1S/C12H14N4O/c13-8-11-14-6-7-16(11)9-12(17)15-10-4-2-1-3-5-10/h1-7H,8-9,13H2,(H,15,17). The second-order valence-electron chi connectivity index (χ2n) is 3.59. The minimum absolute atomic E-state index is 0.0936. The van der Waals surface area contributed by atoms with Gasteiger partial charge in [0.1, 0.15) is 12.4 Å². The predicted octanol–water partition coefficient (Wildman–Crippen LogP) is 0.980. The first-order chi connectivity index (χ1) is 8.29. The highest BCUT2D eigenvalue weighted by Crippen LogP contribution is 2.05. The van der Waals surface area contributed by atoms with E-state index in [-0.39, 0.29) is 12.5 Å². The Labute approximate surface area is 99.3 Å². The molecule has 5 nitrogen and oxygen atoms in total. The first-order valence-electron chi connectivity index (χ1n) is 5.34. The monoisotopic (exact) mass is 230 g/mol. The third-order valence-electron chi connectivity index (χ3n) is 2.36. The molecule has 0 saturated heterocycles. The first-order valence-corrected chi connectivity index (χ1v) is 5.34. The summed E-state index contributed by atoms with van der Waals surface area (Å²) in [5, 5.41) is 2.80. The number of nitrogens with zero attached hydrogens (tertiary/aromatic N) is 2. The van der Waals surface area contributed by atoms with E-state index in [9.17, 15) is 4.79 Å². The molecule has 88 valence electrons. The van der Waals surface area contributed by atoms with E-state index in [4.69, 9.17) is 5.73 Å². The Bertz CT molecular complexity index is 492. The maximum Gasteiger partial charge on any atom is 0.244 e. The molecule has 0 atom stereocenters. The van der Waals surface area contributed by atoms with Crippen molar-refractivity contribution in [1.82, 2.24) is 9.55 Å². The molecule has 0 unspecified atom stereocenters. The number of hydrogen-bond acceptors (Lipinski definition) is 3. The zero-order valence-corrected chi connectivity index (χ0v) is 9.34. The smallest absolute Gasteiger partial charge is 0.244 e. The summed E-state index contributed by atoms with van der Waals surface area (Å²) in [5.74, 6) is 0.608. The van der Waals surface area contributed by atoms with E-state index < -0.39 is 0 Å². The molecule has 0 fully saturated rings. The van der Waals surface area contributed by atoms with Gasteiger partial charge >= 0.3 is 0 Å². The van der Waals surface area contributed by atoms with Gasteiger partial charge in [-0.05, 0) is 12.1 Å². The summed E-state index contributed by atoms with van der Waals surface area (Å²) in [6.45, 7) is 0.549. The molecule has 2 aromatic rings. The van der Waals surface area contributed by atoms with Crippen molar-refractivity contribution in [3.8, 4) is 0 Å². The SMILES string of the molecule is NCc1nccn1CC(=O)Nc1ccccc1. The maximum atomic E-state index is 11.7. The molecule has 0 aliphatic rings. The van der Waals surface area contributed by atoms with Gasteiger partial charge in [0.25, 0.3) is 0 Å². The topological polar surface area (TPSA) is 72.9 Å². The van der Waals surface area contributed by atoms with Crippen molar-refractivity contribution in [1.29, 1.82) is 0 Å². The zero-order valence-electron chi connectivity index (χ0n) is 9.34. The van der Waals surface area contributed by atoms with Crippen LogP contribution in [0.25, 0.3) is 0 Å². The van der Waals surface area contributed by atoms with Crippen molar-refractivity contribution in [3.05, 3.63) is 48.5 Å². The number of carbonyl (C=O) groups excluding carboxylic acids is 1. The van der Waals surface area contributed by atoms with Crippen LogP contribution in [0.4, 0.5) is 5.69 Å². The highest BCUT2D eigenvalue weighted by Gasteiger charge is 2.06. The molecule has 0 bridgehead atoms. The summed E-state index contributed by atoms with van der Waals surface area (Å²) in [4.78, 5) is 15.8. The molecule has 0 aliphatic carbocycles. The Kier molecular flexibility index (Phi) is 3.52. The molecule has 2 rings (SSSR count). The fourth-order valence-corrected chi connectivity index (χ4v) is 1.55. The average Bonchev–Trinajstić information content (AvgIpc) is 2.77. The molecule has 0 saturated carbocycles. The van der Waals surface area contributed by atoms with Gasteiger partial charge in [-0.15, -0.1) is 0 Å². The van der Waals surface area contributed by atoms with Gasteiger partial charge in [-0.25, -0.2) is 4.98 Å². The number of nitrogens with one attached hydrogen (secondary N) is 1. The van der Waals surface area contributed by atoms with Gasteiger partial charge < -0.3 is 15.6 Å². The highest BCUT2D eigenvalue weighted by molar-refractivity contribution is 5.90. The van der Waals surface area contributed by atoms with E-state index in [1.807, 2.05) is 30.3 Å². The maximum absolute atomic E-state index is 11.7. The quantitative estimate of drug-likeness (QED) is 0.822. The summed E-state index contributed by atoms with van der Waals surface area (Å²) >= 11 is 0. The molecule has 3 N–H and O–H groups in total. The number of imidazole rings is 1. The predicted molar refractivity (Wildman–Crippen MR) is 65.2 cm³/mol. The summed E-state index contributed by atoms with van der Waals surface area (Å²) in [5.41, 5.74) is 6.29. The van der Waals surface area contributed by atoms with Gasteiger partial charge in [0, 0.05) is 18.1 Å².